The molecular weight excluding hydrogens is 343 g/mol. The van der Waals surface area contributed by atoms with E-state index in [1.54, 1.807) is 0 Å². The predicted molar refractivity (Wildman–Crippen MR) is 79.9 cm³/mol. The van der Waals surface area contributed by atoms with Crippen molar-refractivity contribution in [1.82, 2.24) is 0 Å². The van der Waals surface area contributed by atoms with E-state index in [9.17, 15) is 19.3 Å². The first-order valence-electron chi connectivity index (χ1n) is 5.90. The fraction of sp³-hybridized carbons (Fsp3) is 0.0714. The summed E-state index contributed by atoms with van der Waals surface area (Å²) in [5.74, 6) is -1.04. The Morgan fingerprint density at radius 1 is 1.33 bits per heavy atom. The minimum atomic E-state index is -0.550. The number of halogens is 2. The van der Waals surface area contributed by atoms with E-state index in [4.69, 9.17) is 0 Å². The van der Waals surface area contributed by atoms with Crippen molar-refractivity contribution in [3.05, 3.63) is 67.9 Å². The Labute approximate surface area is 128 Å². The number of nitrogens with one attached hydrogen (secondary N) is 1. The number of rotatable bonds is 3. The van der Waals surface area contributed by atoms with Gasteiger partial charge in [-0.05, 0) is 47.1 Å². The number of nitrogens with zero attached hydrogens (tertiary/aromatic N) is 1. The topological polar surface area (TPSA) is 72.2 Å². The summed E-state index contributed by atoms with van der Waals surface area (Å²) in [5, 5.41) is 13.4. The molecule has 0 fully saturated rings. The van der Waals surface area contributed by atoms with Crippen molar-refractivity contribution in [1.29, 1.82) is 0 Å². The SMILES string of the molecule is Cc1c(C(=O)Nc2ccc(Br)c(F)c2)cccc1[N+](=O)[O-]. The van der Waals surface area contributed by atoms with Gasteiger partial charge in [-0.15, -0.1) is 0 Å². The number of benzene rings is 2. The van der Waals surface area contributed by atoms with Gasteiger partial charge in [0.05, 0.1) is 9.40 Å². The highest BCUT2D eigenvalue weighted by molar-refractivity contribution is 9.10. The Kier molecular flexibility index (Phi) is 4.32. The molecule has 0 unspecified atom stereocenters. The first kappa shape index (κ1) is 15.1. The summed E-state index contributed by atoms with van der Waals surface area (Å²) in [4.78, 5) is 22.4. The number of hydrogen-bond donors (Lipinski definition) is 1. The molecule has 0 heterocycles. The monoisotopic (exact) mass is 352 g/mol. The first-order valence-corrected chi connectivity index (χ1v) is 6.70. The fourth-order valence-corrected chi connectivity index (χ4v) is 2.09. The van der Waals surface area contributed by atoms with Gasteiger partial charge in [-0.1, -0.05) is 6.07 Å². The maximum absolute atomic E-state index is 13.4. The standard InChI is InChI=1S/C14H10BrFN2O3/c1-8-10(3-2-4-13(8)18(20)21)14(19)17-9-5-6-11(15)12(16)7-9/h2-7H,1H3,(H,17,19). The third-order valence-electron chi connectivity index (χ3n) is 2.92. The molecule has 1 amide bonds. The summed E-state index contributed by atoms with van der Waals surface area (Å²) in [7, 11) is 0. The molecule has 0 bridgehead atoms. The summed E-state index contributed by atoms with van der Waals surface area (Å²) in [6.07, 6.45) is 0. The van der Waals surface area contributed by atoms with Crippen molar-refractivity contribution in [3.63, 3.8) is 0 Å². The van der Waals surface area contributed by atoms with Gasteiger partial charge >= 0.3 is 0 Å². The molecule has 0 atom stereocenters. The van der Waals surface area contributed by atoms with E-state index in [0.717, 1.165) is 6.07 Å². The minimum Gasteiger partial charge on any atom is -0.322 e. The Morgan fingerprint density at radius 3 is 2.67 bits per heavy atom. The summed E-state index contributed by atoms with van der Waals surface area (Å²) >= 11 is 3.01. The van der Waals surface area contributed by atoms with E-state index in [1.807, 2.05) is 0 Å². The molecule has 0 radical (unpaired) electrons. The van der Waals surface area contributed by atoms with Gasteiger partial charge in [0.25, 0.3) is 11.6 Å². The lowest BCUT2D eigenvalue weighted by molar-refractivity contribution is -0.385. The molecule has 0 aromatic heterocycles. The average Bonchev–Trinajstić information content (AvgIpc) is 2.42. The first-order chi connectivity index (χ1) is 9.90. The van der Waals surface area contributed by atoms with Crippen molar-refractivity contribution in [2.24, 2.45) is 0 Å². The number of nitro groups is 1. The number of carbonyl (C=O) groups excluding carboxylic acids is 1. The van der Waals surface area contributed by atoms with Crippen LogP contribution < -0.4 is 5.32 Å². The highest BCUT2D eigenvalue weighted by Gasteiger charge is 2.18. The largest absolute Gasteiger partial charge is 0.322 e. The van der Waals surface area contributed by atoms with Gasteiger partial charge in [0.15, 0.2) is 0 Å². The van der Waals surface area contributed by atoms with Crippen LogP contribution in [0.4, 0.5) is 15.8 Å². The molecule has 0 aliphatic carbocycles. The third-order valence-corrected chi connectivity index (χ3v) is 3.57. The maximum atomic E-state index is 13.4. The Morgan fingerprint density at radius 2 is 2.05 bits per heavy atom. The van der Waals surface area contributed by atoms with Crippen LogP contribution in [-0.4, -0.2) is 10.8 Å². The van der Waals surface area contributed by atoms with Crippen LogP contribution in [0.2, 0.25) is 0 Å². The molecule has 7 heteroatoms. The zero-order chi connectivity index (χ0) is 15.6. The molecule has 2 aromatic rings. The van der Waals surface area contributed by atoms with E-state index >= 15 is 0 Å². The van der Waals surface area contributed by atoms with E-state index in [-0.39, 0.29) is 27.0 Å². The molecule has 108 valence electrons. The number of hydrogen-bond acceptors (Lipinski definition) is 3. The van der Waals surface area contributed by atoms with E-state index in [0.29, 0.717) is 0 Å². The highest BCUT2D eigenvalue weighted by Crippen LogP contribution is 2.23. The lowest BCUT2D eigenvalue weighted by Gasteiger charge is -2.08. The van der Waals surface area contributed by atoms with Crippen LogP contribution in [0.1, 0.15) is 15.9 Å². The molecule has 1 N–H and O–H groups in total. The van der Waals surface area contributed by atoms with Gasteiger partial charge in [-0.25, -0.2) is 4.39 Å². The van der Waals surface area contributed by atoms with Gasteiger partial charge in [0.1, 0.15) is 5.82 Å². The summed E-state index contributed by atoms with van der Waals surface area (Å²) in [6.45, 7) is 1.50. The summed E-state index contributed by atoms with van der Waals surface area (Å²) < 4.78 is 13.7. The van der Waals surface area contributed by atoms with Crippen LogP contribution in [0.15, 0.2) is 40.9 Å². The molecule has 2 aromatic carbocycles. The smallest absolute Gasteiger partial charge is 0.273 e. The number of nitro benzene ring substituents is 1. The quantitative estimate of drug-likeness (QED) is 0.668. The minimum absolute atomic E-state index is 0.135. The fourth-order valence-electron chi connectivity index (χ4n) is 1.84. The molecule has 5 nitrogen and oxygen atoms in total. The van der Waals surface area contributed by atoms with Gasteiger partial charge in [0.2, 0.25) is 0 Å². The van der Waals surface area contributed by atoms with Crippen molar-refractivity contribution < 1.29 is 14.1 Å². The van der Waals surface area contributed by atoms with E-state index < -0.39 is 16.6 Å². The van der Waals surface area contributed by atoms with E-state index in [1.165, 1.54) is 37.3 Å². The average molecular weight is 353 g/mol. The second-order valence-corrected chi connectivity index (χ2v) is 5.14. The zero-order valence-corrected chi connectivity index (χ0v) is 12.5. The maximum Gasteiger partial charge on any atom is 0.273 e. The summed E-state index contributed by atoms with van der Waals surface area (Å²) in [6, 6.07) is 8.39. The van der Waals surface area contributed by atoms with Crippen molar-refractivity contribution in [2.45, 2.75) is 6.92 Å². The van der Waals surface area contributed by atoms with Gasteiger partial charge < -0.3 is 5.32 Å². The molecule has 0 spiro atoms. The third kappa shape index (κ3) is 3.25. The van der Waals surface area contributed by atoms with Crippen LogP contribution in [0.5, 0.6) is 0 Å². The molecule has 21 heavy (non-hydrogen) atoms. The Balaban J connectivity index is 2.30. The Bertz CT molecular complexity index is 734. The van der Waals surface area contributed by atoms with Crippen LogP contribution in [0, 0.1) is 22.9 Å². The molecule has 0 aliphatic rings. The van der Waals surface area contributed by atoms with Gasteiger partial charge in [-0.3, -0.25) is 14.9 Å². The molecule has 0 saturated carbocycles. The van der Waals surface area contributed by atoms with Crippen molar-refractivity contribution >= 4 is 33.2 Å². The van der Waals surface area contributed by atoms with Gasteiger partial charge in [-0.2, -0.15) is 0 Å². The highest BCUT2D eigenvalue weighted by atomic mass is 79.9. The van der Waals surface area contributed by atoms with Crippen molar-refractivity contribution in [3.8, 4) is 0 Å². The predicted octanol–water partition coefficient (Wildman–Crippen LogP) is 4.06. The molecule has 0 saturated heterocycles. The van der Waals surface area contributed by atoms with Crippen LogP contribution in [0.25, 0.3) is 0 Å². The summed E-state index contributed by atoms with van der Waals surface area (Å²) in [5.41, 5.74) is 0.571. The van der Waals surface area contributed by atoms with Gasteiger partial charge in [0, 0.05) is 22.9 Å². The second kappa shape index (κ2) is 6.01. The van der Waals surface area contributed by atoms with Crippen molar-refractivity contribution in [2.75, 3.05) is 5.32 Å². The molecule has 0 aliphatic heterocycles. The van der Waals surface area contributed by atoms with Crippen LogP contribution in [-0.2, 0) is 0 Å². The Hall–Kier alpha value is -2.28. The lowest BCUT2D eigenvalue weighted by Crippen LogP contribution is -2.14. The van der Waals surface area contributed by atoms with E-state index in [2.05, 4.69) is 21.2 Å². The number of amides is 1. The molecule has 2 rings (SSSR count). The second-order valence-electron chi connectivity index (χ2n) is 4.29. The number of anilines is 1. The normalized spacial score (nSPS) is 10.2. The zero-order valence-electron chi connectivity index (χ0n) is 10.9. The number of carbonyl (C=O) groups is 1. The lowest BCUT2D eigenvalue weighted by atomic mass is 10.1. The van der Waals surface area contributed by atoms with Crippen LogP contribution >= 0.6 is 15.9 Å². The van der Waals surface area contributed by atoms with Crippen LogP contribution in [0.3, 0.4) is 0 Å². The molecular formula is C14H10BrFN2O3.